The quantitative estimate of drug-likeness (QED) is 0.869. The fourth-order valence-electron chi connectivity index (χ4n) is 1.96. The lowest BCUT2D eigenvalue weighted by Crippen LogP contribution is -2.47. The molecule has 1 aromatic heterocycles. The van der Waals surface area contributed by atoms with Crippen LogP contribution in [-0.4, -0.2) is 40.3 Å². The van der Waals surface area contributed by atoms with E-state index in [0.717, 1.165) is 5.56 Å². The van der Waals surface area contributed by atoms with E-state index in [4.69, 9.17) is 0 Å². The molecule has 0 aliphatic rings. The summed E-state index contributed by atoms with van der Waals surface area (Å²) < 4.78 is 0. The van der Waals surface area contributed by atoms with Crippen LogP contribution in [0.4, 0.5) is 0 Å². The second-order valence-electron chi connectivity index (χ2n) is 6.07. The zero-order valence-corrected chi connectivity index (χ0v) is 13.3. The predicted molar refractivity (Wildman–Crippen MR) is 82.7 cm³/mol. The Labute approximate surface area is 126 Å². The van der Waals surface area contributed by atoms with Crippen LogP contribution in [0, 0.1) is 0 Å². The summed E-state index contributed by atoms with van der Waals surface area (Å²) in [6.45, 7) is 8.29. The van der Waals surface area contributed by atoms with Crippen LogP contribution in [0.25, 0.3) is 0 Å². The smallest absolute Gasteiger partial charge is 0.240 e. The number of pyridine rings is 1. The average Bonchev–Trinajstić information content (AvgIpc) is 2.41. The first-order valence-electron chi connectivity index (χ1n) is 7.29. The molecule has 0 aliphatic carbocycles. The Balaban J connectivity index is 2.48. The molecule has 1 rings (SSSR count). The lowest BCUT2D eigenvalue weighted by atomic mass is 10.1. The Morgan fingerprint density at radius 3 is 2.57 bits per heavy atom. The molecule has 1 N–H and O–H groups in total. The molecule has 0 radical (unpaired) electrons. The van der Waals surface area contributed by atoms with Gasteiger partial charge in [-0.2, -0.15) is 0 Å². The summed E-state index contributed by atoms with van der Waals surface area (Å²) in [4.78, 5) is 29.7. The van der Waals surface area contributed by atoms with Crippen LogP contribution in [0.15, 0.2) is 24.5 Å². The molecule has 1 aromatic rings. The van der Waals surface area contributed by atoms with Crippen molar-refractivity contribution in [1.29, 1.82) is 0 Å². The average molecular weight is 291 g/mol. The van der Waals surface area contributed by atoms with Crippen LogP contribution in [0.1, 0.15) is 39.7 Å². The molecular formula is C16H25N3O2. The van der Waals surface area contributed by atoms with Gasteiger partial charge in [0.2, 0.25) is 11.8 Å². The molecule has 1 heterocycles. The molecular weight excluding hydrogens is 266 g/mol. The maximum absolute atomic E-state index is 12.2. The van der Waals surface area contributed by atoms with E-state index in [2.05, 4.69) is 10.3 Å². The van der Waals surface area contributed by atoms with Crippen LogP contribution in [-0.2, 0) is 16.0 Å². The Bertz CT molecular complexity index is 466. The summed E-state index contributed by atoms with van der Waals surface area (Å²) in [5.41, 5.74) is 0.746. The summed E-state index contributed by atoms with van der Waals surface area (Å²) in [6.07, 6.45) is 4.50. The number of carbonyl (C=O) groups is 2. The van der Waals surface area contributed by atoms with Gasteiger partial charge in [0.15, 0.2) is 0 Å². The molecule has 0 bridgehead atoms. The zero-order valence-electron chi connectivity index (χ0n) is 13.3. The number of hydrogen-bond donors (Lipinski definition) is 1. The zero-order chi connectivity index (χ0) is 15.9. The van der Waals surface area contributed by atoms with Crippen molar-refractivity contribution in [3.63, 3.8) is 0 Å². The standard InChI is InChI=1S/C16H25N3O2/c1-5-19(12-14(20)18-16(2,3)4)15(21)9-8-13-7-6-10-17-11-13/h6-7,10-11H,5,8-9,12H2,1-4H3,(H,18,20). The third-order valence-corrected chi connectivity index (χ3v) is 2.93. The minimum atomic E-state index is -0.282. The fraction of sp³-hybridized carbons (Fsp3) is 0.562. The number of nitrogens with one attached hydrogen (secondary N) is 1. The van der Waals surface area contributed by atoms with Gasteiger partial charge in [0.25, 0.3) is 0 Å². The Kier molecular flexibility index (Phi) is 6.34. The van der Waals surface area contributed by atoms with Crippen LogP contribution >= 0.6 is 0 Å². The van der Waals surface area contributed by atoms with Crippen molar-refractivity contribution in [2.24, 2.45) is 0 Å². The van der Waals surface area contributed by atoms with E-state index < -0.39 is 0 Å². The first-order valence-corrected chi connectivity index (χ1v) is 7.29. The number of rotatable bonds is 6. The van der Waals surface area contributed by atoms with E-state index >= 15 is 0 Å². The Morgan fingerprint density at radius 2 is 2.05 bits per heavy atom. The van der Waals surface area contributed by atoms with E-state index in [-0.39, 0.29) is 23.9 Å². The Morgan fingerprint density at radius 1 is 1.33 bits per heavy atom. The fourth-order valence-corrected chi connectivity index (χ4v) is 1.96. The van der Waals surface area contributed by atoms with Crippen molar-refractivity contribution in [3.8, 4) is 0 Å². The van der Waals surface area contributed by atoms with Crippen LogP contribution in [0.3, 0.4) is 0 Å². The molecule has 0 aliphatic heterocycles. The SMILES string of the molecule is CCN(CC(=O)NC(C)(C)C)C(=O)CCc1cccnc1. The summed E-state index contributed by atoms with van der Waals surface area (Å²) in [5.74, 6) is -0.135. The van der Waals surface area contributed by atoms with E-state index in [1.807, 2.05) is 39.8 Å². The number of likely N-dealkylation sites (N-methyl/N-ethyl adjacent to an activating group) is 1. The van der Waals surface area contributed by atoms with Crippen molar-refractivity contribution in [3.05, 3.63) is 30.1 Å². The summed E-state index contributed by atoms with van der Waals surface area (Å²) in [5, 5.41) is 2.87. The minimum absolute atomic E-state index is 0.00888. The number of nitrogens with zero attached hydrogens (tertiary/aromatic N) is 2. The van der Waals surface area contributed by atoms with Gasteiger partial charge in [0.1, 0.15) is 0 Å². The molecule has 0 saturated heterocycles. The highest BCUT2D eigenvalue weighted by molar-refractivity contribution is 5.85. The summed E-state index contributed by atoms with van der Waals surface area (Å²) in [6, 6.07) is 3.80. The van der Waals surface area contributed by atoms with Crippen LogP contribution < -0.4 is 5.32 Å². The topological polar surface area (TPSA) is 62.3 Å². The molecule has 0 atom stereocenters. The number of hydrogen-bond acceptors (Lipinski definition) is 3. The third kappa shape index (κ3) is 6.88. The molecule has 0 saturated carbocycles. The highest BCUT2D eigenvalue weighted by atomic mass is 16.2. The van der Waals surface area contributed by atoms with Crippen molar-refractivity contribution in [2.45, 2.75) is 46.1 Å². The number of carbonyl (C=O) groups excluding carboxylic acids is 2. The van der Waals surface area contributed by atoms with Crippen molar-refractivity contribution >= 4 is 11.8 Å². The monoisotopic (exact) mass is 291 g/mol. The molecule has 0 unspecified atom stereocenters. The number of amides is 2. The van der Waals surface area contributed by atoms with Gasteiger partial charge in [0.05, 0.1) is 6.54 Å². The van der Waals surface area contributed by atoms with Gasteiger partial charge in [0, 0.05) is 30.9 Å². The molecule has 21 heavy (non-hydrogen) atoms. The number of aromatic nitrogens is 1. The molecule has 5 nitrogen and oxygen atoms in total. The maximum atomic E-state index is 12.2. The third-order valence-electron chi connectivity index (χ3n) is 2.93. The van der Waals surface area contributed by atoms with Crippen molar-refractivity contribution in [2.75, 3.05) is 13.1 Å². The van der Waals surface area contributed by atoms with Gasteiger partial charge in [-0.3, -0.25) is 14.6 Å². The van der Waals surface area contributed by atoms with E-state index in [1.54, 1.807) is 17.3 Å². The lowest BCUT2D eigenvalue weighted by Gasteiger charge is -2.25. The minimum Gasteiger partial charge on any atom is -0.350 e. The van der Waals surface area contributed by atoms with E-state index in [1.165, 1.54) is 0 Å². The number of aryl methyl sites for hydroxylation is 1. The lowest BCUT2D eigenvalue weighted by molar-refractivity contribution is -0.136. The first-order chi connectivity index (χ1) is 9.81. The largest absolute Gasteiger partial charge is 0.350 e. The first kappa shape index (κ1) is 17.1. The van der Waals surface area contributed by atoms with Crippen LogP contribution in [0.2, 0.25) is 0 Å². The maximum Gasteiger partial charge on any atom is 0.240 e. The molecule has 0 aromatic carbocycles. The summed E-state index contributed by atoms with van der Waals surface area (Å²) in [7, 11) is 0. The highest BCUT2D eigenvalue weighted by Gasteiger charge is 2.19. The second kappa shape index (κ2) is 7.76. The molecule has 0 spiro atoms. The molecule has 5 heteroatoms. The second-order valence-corrected chi connectivity index (χ2v) is 6.07. The van der Waals surface area contributed by atoms with Crippen LogP contribution in [0.5, 0.6) is 0 Å². The van der Waals surface area contributed by atoms with Gasteiger partial charge < -0.3 is 10.2 Å². The van der Waals surface area contributed by atoms with Gasteiger partial charge >= 0.3 is 0 Å². The normalized spacial score (nSPS) is 11.0. The highest BCUT2D eigenvalue weighted by Crippen LogP contribution is 2.04. The van der Waals surface area contributed by atoms with E-state index in [0.29, 0.717) is 19.4 Å². The summed E-state index contributed by atoms with van der Waals surface area (Å²) >= 11 is 0. The predicted octanol–water partition coefficient (Wildman–Crippen LogP) is 1.78. The van der Waals surface area contributed by atoms with E-state index in [9.17, 15) is 9.59 Å². The van der Waals surface area contributed by atoms with Gasteiger partial charge in [-0.05, 0) is 45.7 Å². The van der Waals surface area contributed by atoms with Gasteiger partial charge in [-0.25, -0.2) is 0 Å². The molecule has 0 fully saturated rings. The Hall–Kier alpha value is -1.91. The van der Waals surface area contributed by atoms with Crippen molar-refractivity contribution < 1.29 is 9.59 Å². The van der Waals surface area contributed by atoms with Gasteiger partial charge in [-0.15, -0.1) is 0 Å². The van der Waals surface area contributed by atoms with Crippen molar-refractivity contribution in [1.82, 2.24) is 15.2 Å². The molecule has 2 amide bonds. The van der Waals surface area contributed by atoms with Gasteiger partial charge in [-0.1, -0.05) is 6.07 Å². The molecule has 116 valence electrons.